The summed E-state index contributed by atoms with van der Waals surface area (Å²) in [5.41, 5.74) is 0.239. The lowest BCUT2D eigenvalue weighted by molar-refractivity contribution is -0.129. The van der Waals surface area contributed by atoms with E-state index in [1.54, 1.807) is 29.2 Å². The third-order valence-electron chi connectivity index (χ3n) is 4.79. The van der Waals surface area contributed by atoms with Crippen LogP contribution in [0.15, 0.2) is 53.4 Å². The maximum Gasteiger partial charge on any atom is 0.338 e. The molecule has 0 radical (unpaired) electrons. The van der Waals surface area contributed by atoms with Crippen molar-refractivity contribution in [2.75, 3.05) is 39.4 Å². The van der Waals surface area contributed by atoms with Gasteiger partial charge in [-0.3, -0.25) is 4.79 Å². The van der Waals surface area contributed by atoms with Crippen molar-refractivity contribution in [1.82, 2.24) is 9.21 Å². The van der Waals surface area contributed by atoms with Gasteiger partial charge < -0.3 is 14.4 Å². The van der Waals surface area contributed by atoms with Crippen LogP contribution in [0.3, 0.4) is 0 Å². The minimum atomic E-state index is -3.70. The number of halogens is 1. The largest absolute Gasteiger partial charge is 0.490 e. The lowest BCUT2D eigenvalue weighted by Gasteiger charge is -2.33. The number of sulfonamides is 1. The van der Waals surface area contributed by atoms with Gasteiger partial charge in [0.2, 0.25) is 15.9 Å². The topological polar surface area (TPSA) is 93.2 Å². The molecule has 1 aliphatic rings. The highest BCUT2D eigenvalue weighted by molar-refractivity contribution is 7.89. The van der Waals surface area contributed by atoms with Crippen LogP contribution in [0.4, 0.5) is 0 Å². The van der Waals surface area contributed by atoms with Crippen LogP contribution in [0, 0.1) is 0 Å². The molecule has 0 unspecified atom stereocenters. The molecule has 0 atom stereocenters. The van der Waals surface area contributed by atoms with Gasteiger partial charge in [0.15, 0.2) is 0 Å². The number of nitrogens with zero attached hydrogens (tertiary/aromatic N) is 2. The lowest BCUT2D eigenvalue weighted by Crippen LogP contribution is -2.49. The fraction of sp³-hybridized carbons (Fsp3) is 0.333. The van der Waals surface area contributed by atoms with Crippen LogP contribution in [0.2, 0.25) is 5.02 Å². The third-order valence-corrected chi connectivity index (χ3v) is 6.94. The second-order valence-electron chi connectivity index (χ2n) is 6.88. The highest BCUT2D eigenvalue weighted by Crippen LogP contribution is 2.19. The van der Waals surface area contributed by atoms with Gasteiger partial charge in [0, 0.05) is 38.1 Å². The van der Waals surface area contributed by atoms with Crippen molar-refractivity contribution in [3.63, 3.8) is 0 Å². The van der Waals surface area contributed by atoms with Gasteiger partial charge in [-0.1, -0.05) is 17.7 Å². The van der Waals surface area contributed by atoms with E-state index in [1.165, 1.54) is 35.5 Å². The molecule has 1 saturated heterocycles. The predicted molar refractivity (Wildman–Crippen MR) is 115 cm³/mol. The molecule has 3 rings (SSSR count). The van der Waals surface area contributed by atoms with Crippen LogP contribution in [0.25, 0.3) is 0 Å². The van der Waals surface area contributed by atoms with E-state index in [0.29, 0.717) is 23.9 Å². The van der Waals surface area contributed by atoms with E-state index in [2.05, 4.69) is 0 Å². The molecule has 1 amide bonds. The van der Waals surface area contributed by atoms with Crippen molar-refractivity contribution in [3.05, 3.63) is 59.1 Å². The van der Waals surface area contributed by atoms with Gasteiger partial charge in [0.1, 0.15) is 19.0 Å². The van der Waals surface area contributed by atoms with Gasteiger partial charge in [-0.25, -0.2) is 13.2 Å². The fourth-order valence-electron chi connectivity index (χ4n) is 3.09. The van der Waals surface area contributed by atoms with E-state index in [-0.39, 0.29) is 42.7 Å². The van der Waals surface area contributed by atoms with Crippen LogP contribution in [0.1, 0.15) is 17.3 Å². The Bertz CT molecular complexity index is 1030. The van der Waals surface area contributed by atoms with E-state index >= 15 is 0 Å². The standard InChI is InChI=1S/C21H23ClN2O6S/c1-16(25)23-9-11-24(12-10-23)31(27,28)20-7-5-17(6-8-20)21(26)30-14-13-29-19-4-2-3-18(22)15-19/h2-8,15H,9-14H2,1H3. The number of amides is 1. The quantitative estimate of drug-likeness (QED) is 0.459. The number of piperazine rings is 1. The zero-order valence-electron chi connectivity index (χ0n) is 17.0. The molecule has 31 heavy (non-hydrogen) atoms. The molecule has 0 bridgehead atoms. The number of hydrogen-bond acceptors (Lipinski definition) is 6. The van der Waals surface area contributed by atoms with Gasteiger partial charge >= 0.3 is 5.97 Å². The smallest absolute Gasteiger partial charge is 0.338 e. The Balaban J connectivity index is 1.51. The summed E-state index contributed by atoms with van der Waals surface area (Å²) < 4.78 is 37.5. The van der Waals surface area contributed by atoms with Crippen LogP contribution in [0.5, 0.6) is 5.75 Å². The normalized spacial score (nSPS) is 14.8. The highest BCUT2D eigenvalue weighted by atomic mass is 35.5. The molecule has 8 nitrogen and oxygen atoms in total. The Morgan fingerprint density at radius 1 is 1.00 bits per heavy atom. The Morgan fingerprint density at radius 2 is 1.68 bits per heavy atom. The highest BCUT2D eigenvalue weighted by Gasteiger charge is 2.29. The summed E-state index contributed by atoms with van der Waals surface area (Å²) in [5, 5.41) is 0.547. The maximum absolute atomic E-state index is 12.8. The van der Waals surface area contributed by atoms with Gasteiger partial charge in [-0.05, 0) is 42.5 Å². The number of esters is 1. The van der Waals surface area contributed by atoms with E-state index in [4.69, 9.17) is 21.1 Å². The fourth-order valence-corrected chi connectivity index (χ4v) is 4.69. The Labute approximate surface area is 186 Å². The molecule has 2 aromatic rings. The minimum Gasteiger partial charge on any atom is -0.490 e. The van der Waals surface area contributed by atoms with Crippen molar-refractivity contribution >= 4 is 33.5 Å². The number of benzene rings is 2. The summed E-state index contributed by atoms with van der Waals surface area (Å²) in [6.07, 6.45) is 0. The lowest BCUT2D eigenvalue weighted by atomic mass is 10.2. The van der Waals surface area contributed by atoms with Gasteiger partial charge in [-0.2, -0.15) is 4.31 Å². The Hall–Kier alpha value is -2.62. The summed E-state index contributed by atoms with van der Waals surface area (Å²) in [4.78, 5) is 25.3. The average Bonchev–Trinajstić information content (AvgIpc) is 2.77. The molecule has 10 heteroatoms. The van der Waals surface area contributed by atoms with Crippen molar-refractivity contribution in [2.24, 2.45) is 0 Å². The summed E-state index contributed by atoms with van der Waals surface area (Å²) in [5.74, 6) is -0.0751. The second kappa shape index (κ2) is 10.1. The molecule has 2 aromatic carbocycles. The van der Waals surface area contributed by atoms with Crippen LogP contribution < -0.4 is 4.74 Å². The summed E-state index contributed by atoms with van der Waals surface area (Å²) in [7, 11) is -3.70. The van der Waals surface area contributed by atoms with E-state index < -0.39 is 16.0 Å². The SMILES string of the molecule is CC(=O)N1CCN(S(=O)(=O)c2ccc(C(=O)OCCOc3cccc(Cl)c3)cc2)CC1. The van der Waals surface area contributed by atoms with Gasteiger partial charge in [0.05, 0.1) is 10.5 Å². The monoisotopic (exact) mass is 466 g/mol. The summed E-state index contributed by atoms with van der Waals surface area (Å²) in [6, 6.07) is 12.5. The minimum absolute atomic E-state index is 0.0336. The Morgan fingerprint density at radius 3 is 2.29 bits per heavy atom. The molecular formula is C21H23ClN2O6S. The molecular weight excluding hydrogens is 444 g/mol. The van der Waals surface area contributed by atoms with Crippen LogP contribution >= 0.6 is 11.6 Å². The Kier molecular flexibility index (Phi) is 7.53. The van der Waals surface area contributed by atoms with Gasteiger partial charge in [-0.15, -0.1) is 0 Å². The molecule has 1 fully saturated rings. The molecule has 1 aliphatic heterocycles. The average molecular weight is 467 g/mol. The zero-order valence-corrected chi connectivity index (χ0v) is 18.6. The molecule has 0 aliphatic carbocycles. The molecule has 166 valence electrons. The molecule has 0 saturated carbocycles. The number of carbonyl (C=O) groups is 2. The number of ether oxygens (including phenoxy) is 2. The van der Waals surface area contributed by atoms with E-state index in [1.807, 2.05) is 0 Å². The van der Waals surface area contributed by atoms with Crippen LogP contribution in [-0.2, 0) is 19.6 Å². The molecule has 0 spiro atoms. The van der Waals surface area contributed by atoms with E-state index in [9.17, 15) is 18.0 Å². The van der Waals surface area contributed by atoms with Gasteiger partial charge in [0.25, 0.3) is 0 Å². The second-order valence-corrected chi connectivity index (χ2v) is 9.25. The zero-order chi connectivity index (χ0) is 22.4. The van der Waals surface area contributed by atoms with Crippen molar-refractivity contribution < 1.29 is 27.5 Å². The summed E-state index contributed by atoms with van der Waals surface area (Å²) >= 11 is 5.87. The van der Waals surface area contributed by atoms with Crippen molar-refractivity contribution in [1.29, 1.82) is 0 Å². The summed E-state index contributed by atoms with van der Waals surface area (Å²) in [6.45, 7) is 2.84. The number of rotatable bonds is 7. The first-order valence-electron chi connectivity index (χ1n) is 9.68. The molecule has 1 heterocycles. The first-order chi connectivity index (χ1) is 14.8. The maximum atomic E-state index is 12.8. The molecule has 0 N–H and O–H groups in total. The molecule has 0 aromatic heterocycles. The van der Waals surface area contributed by atoms with Crippen molar-refractivity contribution in [3.8, 4) is 5.75 Å². The van der Waals surface area contributed by atoms with Crippen molar-refractivity contribution in [2.45, 2.75) is 11.8 Å². The third kappa shape index (κ3) is 5.96. The predicted octanol–water partition coefficient (Wildman–Crippen LogP) is 2.43. The van der Waals surface area contributed by atoms with Crippen LogP contribution in [-0.4, -0.2) is 68.9 Å². The first kappa shape index (κ1) is 23.1. The first-order valence-corrected chi connectivity index (χ1v) is 11.5. The van der Waals surface area contributed by atoms with E-state index in [0.717, 1.165) is 0 Å². The number of carbonyl (C=O) groups excluding carboxylic acids is 2. The number of hydrogen-bond donors (Lipinski definition) is 0.